The third-order valence-corrected chi connectivity index (χ3v) is 5.34. The molecule has 2 saturated heterocycles. The van der Waals surface area contributed by atoms with Crippen molar-refractivity contribution in [1.29, 1.82) is 0 Å². The van der Waals surface area contributed by atoms with E-state index in [9.17, 15) is 4.79 Å². The van der Waals surface area contributed by atoms with Gasteiger partial charge in [-0.25, -0.2) is 4.98 Å². The van der Waals surface area contributed by atoms with Crippen LogP contribution in [0.2, 0.25) is 0 Å². The summed E-state index contributed by atoms with van der Waals surface area (Å²) in [4.78, 5) is 29.4. The summed E-state index contributed by atoms with van der Waals surface area (Å²) in [5.41, 5.74) is 2.05. The highest BCUT2D eigenvalue weighted by Crippen LogP contribution is 2.26. The lowest BCUT2D eigenvalue weighted by atomic mass is 10.1. The van der Waals surface area contributed by atoms with Gasteiger partial charge < -0.3 is 19.6 Å². The molecule has 2 fully saturated rings. The fraction of sp³-hybridized carbons (Fsp3) is 0.450. The zero-order valence-corrected chi connectivity index (χ0v) is 15.8. The van der Waals surface area contributed by atoms with Crippen molar-refractivity contribution >= 4 is 18.2 Å². The highest BCUT2D eigenvalue weighted by Gasteiger charge is 2.22. The maximum Gasteiger partial charge on any atom is 0.228 e. The average Bonchev–Trinajstić information content (AvgIpc) is 2.74. The van der Waals surface area contributed by atoms with Gasteiger partial charge in [-0.05, 0) is 7.05 Å². The Balaban J connectivity index is 1.65. The Hall–Kier alpha value is -2.67. The third-order valence-electron chi connectivity index (χ3n) is 5.34. The molecule has 0 atom stereocenters. The third kappa shape index (κ3) is 4.03. The van der Waals surface area contributed by atoms with Gasteiger partial charge in [0.1, 0.15) is 5.82 Å². The largest absolute Gasteiger partial charge is 0.354 e. The van der Waals surface area contributed by atoms with Crippen LogP contribution in [0, 0.1) is 0 Å². The van der Waals surface area contributed by atoms with Crippen molar-refractivity contribution in [1.82, 2.24) is 19.8 Å². The highest BCUT2D eigenvalue weighted by atomic mass is 16.1. The lowest BCUT2D eigenvalue weighted by Gasteiger charge is -2.35. The van der Waals surface area contributed by atoms with Crippen molar-refractivity contribution in [2.75, 3.05) is 69.2 Å². The zero-order valence-electron chi connectivity index (χ0n) is 15.8. The summed E-state index contributed by atoms with van der Waals surface area (Å²) in [6.45, 7) is 6.98. The van der Waals surface area contributed by atoms with Crippen LogP contribution >= 0.6 is 0 Å². The molecule has 0 aliphatic carbocycles. The summed E-state index contributed by atoms with van der Waals surface area (Å²) < 4.78 is 0. The van der Waals surface area contributed by atoms with Crippen LogP contribution in [0.25, 0.3) is 11.3 Å². The number of likely N-dealkylation sites (N-methyl/N-ethyl adjacent to an activating group) is 1. The molecule has 7 nitrogen and oxygen atoms in total. The van der Waals surface area contributed by atoms with Crippen LogP contribution in [-0.4, -0.2) is 85.6 Å². The van der Waals surface area contributed by atoms with Gasteiger partial charge in [0.25, 0.3) is 0 Å². The van der Waals surface area contributed by atoms with Crippen LogP contribution in [0.1, 0.15) is 0 Å². The Morgan fingerprint density at radius 3 is 2.19 bits per heavy atom. The minimum Gasteiger partial charge on any atom is -0.354 e. The van der Waals surface area contributed by atoms with Crippen LogP contribution in [0.3, 0.4) is 0 Å². The van der Waals surface area contributed by atoms with E-state index in [4.69, 9.17) is 9.97 Å². The molecule has 142 valence electrons. The second kappa shape index (κ2) is 7.92. The molecule has 27 heavy (non-hydrogen) atoms. The second-order valence-corrected chi connectivity index (χ2v) is 7.20. The average molecular weight is 366 g/mol. The van der Waals surface area contributed by atoms with Crippen molar-refractivity contribution in [3.63, 3.8) is 0 Å². The quantitative estimate of drug-likeness (QED) is 0.758. The van der Waals surface area contributed by atoms with E-state index in [-0.39, 0.29) is 0 Å². The lowest BCUT2D eigenvalue weighted by Crippen LogP contribution is -2.47. The van der Waals surface area contributed by atoms with Crippen molar-refractivity contribution in [3.8, 4) is 11.3 Å². The first-order chi connectivity index (χ1) is 13.2. The van der Waals surface area contributed by atoms with E-state index in [1.165, 1.54) is 0 Å². The Bertz CT molecular complexity index is 767. The van der Waals surface area contributed by atoms with E-state index in [2.05, 4.69) is 39.9 Å². The second-order valence-electron chi connectivity index (χ2n) is 7.20. The van der Waals surface area contributed by atoms with Crippen LogP contribution < -0.4 is 9.80 Å². The molecule has 2 aliphatic heterocycles. The molecule has 4 rings (SSSR count). The molecule has 0 saturated carbocycles. The summed E-state index contributed by atoms with van der Waals surface area (Å²) in [7, 11) is 2.16. The predicted octanol–water partition coefficient (Wildman–Crippen LogP) is 1.17. The van der Waals surface area contributed by atoms with Crippen LogP contribution in [0.5, 0.6) is 0 Å². The number of hydrogen-bond donors (Lipinski definition) is 0. The molecular formula is C20H26N6O. The highest BCUT2D eigenvalue weighted by molar-refractivity contribution is 5.65. The number of carbonyl (C=O) groups excluding carboxylic acids is 1. The zero-order chi connectivity index (χ0) is 18.6. The Kier molecular flexibility index (Phi) is 5.20. The van der Waals surface area contributed by atoms with Gasteiger partial charge in [-0.3, -0.25) is 4.79 Å². The number of piperazine rings is 2. The van der Waals surface area contributed by atoms with Gasteiger partial charge in [-0.2, -0.15) is 4.98 Å². The van der Waals surface area contributed by atoms with Crippen molar-refractivity contribution in [3.05, 3.63) is 36.4 Å². The van der Waals surface area contributed by atoms with Crippen LogP contribution in [0.15, 0.2) is 36.4 Å². The molecule has 0 radical (unpaired) electrons. The first kappa shape index (κ1) is 17.7. The van der Waals surface area contributed by atoms with Gasteiger partial charge in [-0.1, -0.05) is 30.3 Å². The van der Waals surface area contributed by atoms with E-state index in [1.54, 1.807) is 4.90 Å². The molecular weight excluding hydrogens is 340 g/mol. The van der Waals surface area contributed by atoms with Gasteiger partial charge in [0.2, 0.25) is 12.4 Å². The molecule has 2 aliphatic rings. The smallest absolute Gasteiger partial charge is 0.228 e. The number of carbonyl (C=O) groups is 1. The van der Waals surface area contributed by atoms with Gasteiger partial charge in [0, 0.05) is 64.0 Å². The van der Waals surface area contributed by atoms with E-state index < -0.39 is 0 Å². The molecule has 0 spiro atoms. The Morgan fingerprint density at radius 1 is 0.852 bits per heavy atom. The molecule has 1 amide bonds. The van der Waals surface area contributed by atoms with Gasteiger partial charge in [-0.15, -0.1) is 0 Å². The van der Waals surface area contributed by atoms with E-state index in [1.807, 2.05) is 18.2 Å². The topological polar surface area (TPSA) is 55.8 Å². The maximum absolute atomic E-state index is 11.0. The fourth-order valence-electron chi connectivity index (χ4n) is 3.55. The minimum absolute atomic E-state index is 0.715. The van der Waals surface area contributed by atoms with Gasteiger partial charge in [0.05, 0.1) is 5.69 Å². The molecule has 0 N–H and O–H groups in total. The number of amides is 1. The minimum atomic E-state index is 0.715. The summed E-state index contributed by atoms with van der Waals surface area (Å²) >= 11 is 0. The van der Waals surface area contributed by atoms with E-state index in [0.29, 0.717) is 13.1 Å². The van der Waals surface area contributed by atoms with Gasteiger partial charge >= 0.3 is 0 Å². The fourth-order valence-corrected chi connectivity index (χ4v) is 3.55. The van der Waals surface area contributed by atoms with Crippen LogP contribution in [0.4, 0.5) is 11.8 Å². The van der Waals surface area contributed by atoms with Gasteiger partial charge in [0.15, 0.2) is 0 Å². The van der Waals surface area contributed by atoms with E-state index >= 15 is 0 Å². The molecule has 0 unspecified atom stereocenters. The van der Waals surface area contributed by atoms with E-state index in [0.717, 1.165) is 68.7 Å². The normalized spacial score (nSPS) is 18.6. The van der Waals surface area contributed by atoms with Crippen molar-refractivity contribution in [2.45, 2.75) is 0 Å². The predicted molar refractivity (Wildman–Crippen MR) is 107 cm³/mol. The Labute approximate surface area is 160 Å². The van der Waals surface area contributed by atoms with Crippen molar-refractivity contribution < 1.29 is 4.79 Å². The molecule has 2 aromatic rings. The monoisotopic (exact) mass is 366 g/mol. The summed E-state index contributed by atoms with van der Waals surface area (Å²) in [6, 6.07) is 12.4. The number of nitrogens with zero attached hydrogens (tertiary/aromatic N) is 6. The summed E-state index contributed by atoms with van der Waals surface area (Å²) in [6.07, 6.45) is 0.925. The van der Waals surface area contributed by atoms with Crippen molar-refractivity contribution in [2.24, 2.45) is 0 Å². The number of anilines is 2. The number of hydrogen-bond acceptors (Lipinski definition) is 6. The molecule has 0 bridgehead atoms. The van der Waals surface area contributed by atoms with Crippen LogP contribution in [-0.2, 0) is 4.79 Å². The first-order valence-corrected chi connectivity index (χ1v) is 9.55. The number of rotatable bonds is 4. The number of benzene rings is 1. The summed E-state index contributed by atoms with van der Waals surface area (Å²) in [5.74, 6) is 1.75. The molecule has 7 heteroatoms. The Morgan fingerprint density at radius 2 is 1.52 bits per heavy atom. The molecule has 3 heterocycles. The first-order valence-electron chi connectivity index (χ1n) is 9.55. The summed E-state index contributed by atoms with van der Waals surface area (Å²) in [5, 5.41) is 0. The lowest BCUT2D eigenvalue weighted by molar-refractivity contribution is -0.118. The maximum atomic E-state index is 11.0. The molecule has 1 aromatic carbocycles. The number of aromatic nitrogens is 2. The SMILES string of the molecule is CN1CCN(c2cc(-c3ccccc3)nc(N3CCN(C=O)CC3)n2)CC1. The molecule has 1 aromatic heterocycles. The standard InChI is InChI=1S/C20H26N6O/c1-23-7-11-25(12-8-23)19-15-18(17-5-3-2-4-6-17)21-20(22-19)26-13-9-24(16-27)10-14-26/h2-6,15-16H,7-14H2,1H3.